The highest BCUT2D eigenvalue weighted by molar-refractivity contribution is 5.29. The van der Waals surface area contributed by atoms with Crippen molar-refractivity contribution < 1.29 is 4.74 Å². The van der Waals surface area contributed by atoms with Gasteiger partial charge in [0.15, 0.2) is 0 Å². The molecule has 19 heavy (non-hydrogen) atoms. The molecule has 0 spiro atoms. The molecule has 0 bridgehead atoms. The van der Waals surface area contributed by atoms with Crippen molar-refractivity contribution in [3.63, 3.8) is 0 Å². The van der Waals surface area contributed by atoms with Gasteiger partial charge in [-0.25, -0.2) is 0 Å². The summed E-state index contributed by atoms with van der Waals surface area (Å²) in [7, 11) is 1.72. The Kier molecular flexibility index (Phi) is 5.26. The first kappa shape index (κ1) is 14.4. The van der Waals surface area contributed by atoms with Gasteiger partial charge >= 0.3 is 0 Å². The molecule has 2 rings (SSSR count). The standard InChI is InChI=1S/C17H27NO/c1-4-13-7-6-8-17(13)18-16(5-2)14-9-11-15(19-3)12-10-14/h9-13,16-18H,4-8H2,1-3H3. The van der Waals surface area contributed by atoms with Crippen LogP contribution in [-0.4, -0.2) is 13.2 Å². The third kappa shape index (κ3) is 3.50. The molecule has 1 fully saturated rings. The minimum Gasteiger partial charge on any atom is -0.497 e. The molecule has 0 aromatic heterocycles. The zero-order chi connectivity index (χ0) is 13.7. The predicted molar refractivity (Wildman–Crippen MR) is 80.6 cm³/mol. The van der Waals surface area contributed by atoms with Gasteiger partial charge in [0.25, 0.3) is 0 Å². The molecule has 3 unspecified atom stereocenters. The molecule has 1 aromatic carbocycles. The van der Waals surface area contributed by atoms with Crippen LogP contribution in [0, 0.1) is 5.92 Å². The number of hydrogen-bond acceptors (Lipinski definition) is 2. The highest BCUT2D eigenvalue weighted by Crippen LogP contribution is 2.31. The molecule has 106 valence electrons. The zero-order valence-corrected chi connectivity index (χ0v) is 12.5. The zero-order valence-electron chi connectivity index (χ0n) is 12.5. The van der Waals surface area contributed by atoms with E-state index >= 15 is 0 Å². The Hall–Kier alpha value is -1.02. The Balaban J connectivity index is 2.02. The van der Waals surface area contributed by atoms with E-state index in [9.17, 15) is 0 Å². The first-order valence-electron chi connectivity index (χ1n) is 7.68. The monoisotopic (exact) mass is 261 g/mol. The molecule has 1 aliphatic rings. The van der Waals surface area contributed by atoms with Crippen LogP contribution >= 0.6 is 0 Å². The van der Waals surface area contributed by atoms with Crippen LogP contribution in [0.4, 0.5) is 0 Å². The molecule has 3 atom stereocenters. The lowest BCUT2D eigenvalue weighted by Crippen LogP contribution is -2.35. The lowest BCUT2D eigenvalue weighted by atomic mass is 9.97. The molecule has 0 saturated heterocycles. The van der Waals surface area contributed by atoms with Gasteiger partial charge in [-0.2, -0.15) is 0 Å². The van der Waals surface area contributed by atoms with E-state index in [1.807, 2.05) is 0 Å². The van der Waals surface area contributed by atoms with Crippen LogP contribution in [-0.2, 0) is 0 Å². The van der Waals surface area contributed by atoms with Gasteiger partial charge in [-0.1, -0.05) is 38.8 Å². The van der Waals surface area contributed by atoms with Crippen LogP contribution in [0.5, 0.6) is 5.75 Å². The third-order valence-electron chi connectivity index (χ3n) is 4.53. The molecule has 2 nitrogen and oxygen atoms in total. The minimum atomic E-state index is 0.475. The second kappa shape index (κ2) is 6.95. The normalized spacial score (nSPS) is 24.4. The topological polar surface area (TPSA) is 21.3 Å². The van der Waals surface area contributed by atoms with Crippen LogP contribution < -0.4 is 10.1 Å². The van der Waals surface area contributed by atoms with Crippen molar-refractivity contribution >= 4 is 0 Å². The lowest BCUT2D eigenvalue weighted by Gasteiger charge is -2.26. The van der Waals surface area contributed by atoms with E-state index in [0.29, 0.717) is 12.1 Å². The Morgan fingerprint density at radius 1 is 1.21 bits per heavy atom. The highest BCUT2D eigenvalue weighted by Gasteiger charge is 2.27. The average Bonchev–Trinajstić information content (AvgIpc) is 2.92. The van der Waals surface area contributed by atoms with Gasteiger partial charge < -0.3 is 10.1 Å². The van der Waals surface area contributed by atoms with Crippen LogP contribution in [0.1, 0.15) is 57.6 Å². The fraction of sp³-hybridized carbons (Fsp3) is 0.647. The molecular formula is C17H27NO. The van der Waals surface area contributed by atoms with E-state index in [1.54, 1.807) is 7.11 Å². The molecule has 2 heteroatoms. The average molecular weight is 261 g/mol. The van der Waals surface area contributed by atoms with Gasteiger partial charge in [0.2, 0.25) is 0 Å². The fourth-order valence-corrected chi connectivity index (χ4v) is 3.29. The van der Waals surface area contributed by atoms with E-state index in [4.69, 9.17) is 4.74 Å². The predicted octanol–water partition coefficient (Wildman–Crippen LogP) is 4.31. The summed E-state index contributed by atoms with van der Waals surface area (Å²) >= 11 is 0. The van der Waals surface area contributed by atoms with Crippen molar-refractivity contribution in [2.75, 3.05) is 7.11 Å². The van der Waals surface area contributed by atoms with E-state index in [1.165, 1.54) is 31.2 Å². The van der Waals surface area contributed by atoms with Gasteiger partial charge in [0, 0.05) is 12.1 Å². The highest BCUT2D eigenvalue weighted by atomic mass is 16.5. The first-order valence-corrected chi connectivity index (χ1v) is 7.68. The molecule has 0 heterocycles. The fourth-order valence-electron chi connectivity index (χ4n) is 3.29. The number of methoxy groups -OCH3 is 1. The Bertz CT molecular complexity index is 373. The molecule has 0 aliphatic heterocycles. The Labute approximate surface area is 117 Å². The Morgan fingerprint density at radius 3 is 2.53 bits per heavy atom. The van der Waals surface area contributed by atoms with Crippen LogP contribution in [0.25, 0.3) is 0 Å². The smallest absolute Gasteiger partial charge is 0.118 e. The first-order chi connectivity index (χ1) is 9.28. The summed E-state index contributed by atoms with van der Waals surface area (Å²) in [6, 6.07) is 9.68. The number of rotatable bonds is 6. The molecule has 1 N–H and O–H groups in total. The molecule has 1 saturated carbocycles. The summed E-state index contributed by atoms with van der Waals surface area (Å²) in [4.78, 5) is 0. The molecule has 0 radical (unpaired) electrons. The molecular weight excluding hydrogens is 234 g/mol. The Morgan fingerprint density at radius 2 is 1.95 bits per heavy atom. The summed E-state index contributed by atoms with van der Waals surface area (Å²) in [6.45, 7) is 4.58. The summed E-state index contributed by atoms with van der Waals surface area (Å²) in [6.07, 6.45) is 6.56. The van der Waals surface area contributed by atoms with Crippen LogP contribution in [0.2, 0.25) is 0 Å². The van der Waals surface area contributed by atoms with E-state index in [-0.39, 0.29) is 0 Å². The van der Waals surface area contributed by atoms with E-state index < -0.39 is 0 Å². The molecule has 0 amide bonds. The van der Waals surface area contributed by atoms with Crippen molar-refractivity contribution in [1.82, 2.24) is 5.32 Å². The van der Waals surface area contributed by atoms with Gasteiger partial charge in [-0.3, -0.25) is 0 Å². The maximum Gasteiger partial charge on any atom is 0.118 e. The van der Waals surface area contributed by atoms with Crippen molar-refractivity contribution in [2.24, 2.45) is 5.92 Å². The summed E-state index contributed by atoms with van der Waals surface area (Å²) < 4.78 is 5.23. The molecule has 1 aromatic rings. The van der Waals surface area contributed by atoms with Gasteiger partial charge in [0.1, 0.15) is 5.75 Å². The number of nitrogens with one attached hydrogen (secondary N) is 1. The van der Waals surface area contributed by atoms with E-state index in [0.717, 1.165) is 18.1 Å². The number of hydrogen-bond donors (Lipinski definition) is 1. The van der Waals surface area contributed by atoms with Gasteiger partial charge in [0.05, 0.1) is 7.11 Å². The maximum absolute atomic E-state index is 5.23. The molecule has 1 aliphatic carbocycles. The third-order valence-corrected chi connectivity index (χ3v) is 4.53. The van der Waals surface area contributed by atoms with Crippen LogP contribution in [0.3, 0.4) is 0 Å². The second-order valence-electron chi connectivity index (χ2n) is 5.61. The van der Waals surface area contributed by atoms with Crippen molar-refractivity contribution in [2.45, 2.75) is 58.0 Å². The minimum absolute atomic E-state index is 0.475. The second-order valence-corrected chi connectivity index (χ2v) is 5.61. The lowest BCUT2D eigenvalue weighted by molar-refractivity contribution is 0.345. The van der Waals surface area contributed by atoms with Gasteiger partial charge in [-0.05, 0) is 42.9 Å². The SMILES string of the molecule is CCC(NC1CCCC1CC)c1ccc(OC)cc1. The van der Waals surface area contributed by atoms with E-state index in [2.05, 4.69) is 43.4 Å². The maximum atomic E-state index is 5.23. The van der Waals surface area contributed by atoms with Crippen molar-refractivity contribution in [1.29, 1.82) is 0 Å². The summed E-state index contributed by atoms with van der Waals surface area (Å²) in [5.74, 6) is 1.80. The number of ether oxygens (including phenoxy) is 1. The summed E-state index contributed by atoms with van der Waals surface area (Å²) in [5.41, 5.74) is 1.38. The van der Waals surface area contributed by atoms with Crippen molar-refractivity contribution in [3.05, 3.63) is 29.8 Å². The largest absolute Gasteiger partial charge is 0.497 e. The summed E-state index contributed by atoms with van der Waals surface area (Å²) in [5, 5.41) is 3.88. The van der Waals surface area contributed by atoms with Crippen molar-refractivity contribution in [3.8, 4) is 5.75 Å². The quantitative estimate of drug-likeness (QED) is 0.823. The van der Waals surface area contributed by atoms with Crippen LogP contribution in [0.15, 0.2) is 24.3 Å². The number of benzene rings is 1. The van der Waals surface area contributed by atoms with Gasteiger partial charge in [-0.15, -0.1) is 0 Å².